The normalized spacial score (nSPS) is 17.7. The van der Waals surface area contributed by atoms with Crippen molar-refractivity contribution < 1.29 is 19.4 Å². The molecule has 1 atom stereocenters. The standard InChI is InChI=1S/C37H45N5O4/c1-26-31(32-10-6-12-34(27(32)2)46-21-7-17-41-19-22-45-23-20-41)9-5-11-33(26)40-37-36-28(15-16-38-37)13-14-29(39-36)25-42-18-4-3-8-30(42)24-35(43)44/h5-6,9-16,30H,3-4,7-8,17-25H2,1-2H3,(H,38,40)(H,43,44). The van der Waals surface area contributed by atoms with Gasteiger partial charge in [-0.15, -0.1) is 0 Å². The Bertz CT molecular complexity index is 1650. The topological polar surface area (TPSA) is 100 Å². The van der Waals surface area contributed by atoms with Gasteiger partial charge in [-0.1, -0.05) is 36.8 Å². The number of likely N-dealkylation sites (tertiary alicyclic amines) is 1. The van der Waals surface area contributed by atoms with Crippen molar-refractivity contribution in [3.63, 3.8) is 0 Å². The summed E-state index contributed by atoms with van der Waals surface area (Å²) in [6, 6.07) is 18.7. The van der Waals surface area contributed by atoms with Gasteiger partial charge in [0.05, 0.1) is 31.9 Å². The van der Waals surface area contributed by atoms with E-state index in [2.05, 4.69) is 71.4 Å². The molecule has 0 amide bonds. The molecule has 0 spiro atoms. The van der Waals surface area contributed by atoms with Gasteiger partial charge in [-0.25, -0.2) is 9.97 Å². The van der Waals surface area contributed by atoms with E-state index >= 15 is 0 Å². The third-order valence-electron chi connectivity index (χ3n) is 9.33. The number of fused-ring (bicyclic) bond motifs is 1. The summed E-state index contributed by atoms with van der Waals surface area (Å²) in [6.07, 6.45) is 6.02. The smallest absolute Gasteiger partial charge is 0.304 e. The van der Waals surface area contributed by atoms with E-state index in [0.29, 0.717) is 19.0 Å². The van der Waals surface area contributed by atoms with E-state index in [1.54, 1.807) is 0 Å². The fourth-order valence-corrected chi connectivity index (χ4v) is 6.72. The van der Waals surface area contributed by atoms with Crippen LogP contribution >= 0.6 is 0 Å². The van der Waals surface area contributed by atoms with E-state index in [0.717, 1.165) is 115 Å². The highest BCUT2D eigenvalue weighted by Gasteiger charge is 2.25. The molecule has 0 aliphatic carbocycles. The lowest BCUT2D eigenvalue weighted by Gasteiger charge is -2.34. The van der Waals surface area contributed by atoms with Crippen LogP contribution in [0.25, 0.3) is 22.0 Å². The minimum absolute atomic E-state index is 0.0445. The van der Waals surface area contributed by atoms with Gasteiger partial charge in [-0.05, 0) is 86.2 Å². The van der Waals surface area contributed by atoms with Crippen LogP contribution in [0, 0.1) is 13.8 Å². The number of aromatic nitrogens is 2. The van der Waals surface area contributed by atoms with Crippen molar-refractivity contribution in [1.29, 1.82) is 0 Å². The van der Waals surface area contributed by atoms with Crippen molar-refractivity contribution >= 4 is 28.4 Å². The van der Waals surface area contributed by atoms with Crippen LogP contribution in [0.5, 0.6) is 5.75 Å². The van der Waals surface area contributed by atoms with Crippen molar-refractivity contribution in [1.82, 2.24) is 19.8 Å². The molecule has 4 aromatic rings. The number of piperidine rings is 1. The second-order valence-corrected chi connectivity index (χ2v) is 12.4. The largest absolute Gasteiger partial charge is 0.493 e. The van der Waals surface area contributed by atoms with Gasteiger partial charge in [0.1, 0.15) is 11.3 Å². The van der Waals surface area contributed by atoms with Gasteiger partial charge in [-0.3, -0.25) is 14.6 Å². The Labute approximate surface area is 271 Å². The first-order chi connectivity index (χ1) is 22.5. The summed E-state index contributed by atoms with van der Waals surface area (Å²) in [5, 5.41) is 14.0. The zero-order chi connectivity index (χ0) is 31.9. The molecule has 2 fully saturated rings. The zero-order valence-corrected chi connectivity index (χ0v) is 27.0. The number of rotatable bonds is 12. The Hall–Kier alpha value is -4.05. The second kappa shape index (κ2) is 15.0. The lowest BCUT2D eigenvalue weighted by Crippen LogP contribution is -2.40. The number of morpholine rings is 1. The summed E-state index contributed by atoms with van der Waals surface area (Å²) >= 11 is 0. The second-order valence-electron chi connectivity index (χ2n) is 12.4. The summed E-state index contributed by atoms with van der Waals surface area (Å²) < 4.78 is 11.7. The van der Waals surface area contributed by atoms with Crippen molar-refractivity contribution in [3.8, 4) is 16.9 Å². The molecule has 9 nitrogen and oxygen atoms in total. The first kappa shape index (κ1) is 31.9. The van der Waals surface area contributed by atoms with Gasteiger partial charge in [-0.2, -0.15) is 0 Å². The van der Waals surface area contributed by atoms with E-state index in [4.69, 9.17) is 19.4 Å². The maximum absolute atomic E-state index is 11.5. The van der Waals surface area contributed by atoms with Crippen LogP contribution in [0.15, 0.2) is 60.8 Å². The average molecular weight is 624 g/mol. The molecule has 6 rings (SSSR count). The number of nitrogens with zero attached hydrogens (tertiary/aromatic N) is 4. The first-order valence-electron chi connectivity index (χ1n) is 16.6. The number of nitrogens with one attached hydrogen (secondary N) is 1. The third-order valence-corrected chi connectivity index (χ3v) is 9.33. The molecule has 2 aliphatic rings. The van der Waals surface area contributed by atoms with E-state index < -0.39 is 5.97 Å². The number of aliphatic carboxylic acids is 1. The zero-order valence-electron chi connectivity index (χ0n) is 27.0. The van der Waals surface area contributed by atoms with Crippen LogP contribution in [0.3, 0.4) is 0 Å². The van der Waals surface area contributed by atoms with E-state index in [-0.39, 0.29) is 12.5 Å². The van der Waals surface area contributed by atoms with E-state index in [1.807, 2.05) is 18.3 Å². The molecule has 2 N–H and O–H groups in total. The maximum Gasteiger partial charge on any atom is 0.304 e. The molecule has 46 heavy (non-hydrogen) atoms. The molecule has 9 heteroatoms. The molecular formula is C37H45N5O4. The lowest BCUT2D eigenvalue weighted by molar-refractivity contribution is -0.138. The number of anilines is 2. The molecule has 0 saturated carbocycles. The van der Waals surface area contributed by atoms with Gasteiger partial charge in [0.2, 0.25) is 0 Å². The number of benzene rings is 2. The fourth-order valence-electron chi connectivity index (χ4n) is 6.72. The van der Waals surface area contributed by atoms with Gasteiger partial charge in [0, 0.05) is 49.5 Å². The maximum atomic E-state index is 11.5. The van der Waals surface area contributed by atoms with Gasteiger partial charge < -0.3 is 19.9 Å². The van der Waals surface area contributed by atoms with Crippen molar-refractivity contribution in [2.24, 2.45) is 0 Å². The van der Waals surface area contributed by atoms with Crippen molar-refractivity contribution in [2.45, 2.75) is 58.5 Å². The fraction of sp³-hybridized carbons (Fsp3) is 0.432. The highest BCUT2D eigenvalue weighted by Crippen LogP contribution is 2.36. The summed E-state index contributed by atoms with van der Waals surface area (Å²) in [6.45, 7) is 11.1. The summed E-state index contributed by atoms with van der Waals surface area (Å²) in [7, 11) is 0. The molecule has 2 aromatic carbocycles. The number of pyridine rings is 2. The van der Waals surface area contributed by atoms with Crippen molar-refractivity contribution in [2.75, 3.05) is 51.3 Å². The van der Waals surface area contributed by atoms with Gasteiger partial charge >= 0.3 is 5.97 Å². The number of hydrogen-bond donors (Lipinski definition) is 2. The summed E-state index contributed by atoms with van der Waals surface area (Å²) in [4.78, 5) is 25.9. The van der Waals surface area contributed by atoms with Crippen LogP contribution < -0.4 is 10.1 Å². The Balaban J connectivity index is 1.19. The predicted octanol–water partition coefficient (Wildman–Crippen LogP) is 6.59. The molecule has 0 radical (unpaired) electrons. The number of carbonyl (C=O) groups is 1. The highest BCUT2D eigenvalue weighted by molar-refractivity contribution is 5.91. The Kier molecular flexibility index (Phi) is 10.4. The van der Waals surface area contributed by atoms with Gasteiger partial charge in [0.15, 0.2) is 5.82 Å². The van der Waals surface area contributed by atoms with Gasteiger partial charge in [0.25, 0.3) is 0 Å². The molecule has 4 heterocycles. The van der Waals surface area contributed by atoms with Crippen molar-refractivity contribution in [3.05, 3.63) is 77.6 Å². The van der Waals surface area contributed by atoms with Crippen LogP contribution in [0.2, 0.25) is 0 Å². The first-order valence-corrected chi connectivity index (χ1v) is 16.6. The molecule has 242 valence electrons. The van der Waals surface area contributed by atoms with E-state index in [1.165, 1.54) is 0 Å². The lowest BCUT2D eigenvalue weighted by atomic mass is 9.95. The average Bonchev–Trinajstić information content (AvgIpc) is 3.06. The molecule has 1 unspecified atom stereocenters. The minimum atomic E-state index is -0.745. The molecule has 2 aromatic heterocycles. The molecular weight excluding hydrogens is 578 g/mol. The van der Waals surface area contributed by atoms with Crippen LogP contribution in [-0.2, 0) is 16.1 Å². The SMILES string of the molecule is Cc1c(Nc2nccc3ccc(CN4CCCCC4CC(=O)O)nc23)cccc1-c1cccc(OCCCN2CCOCC2)c1C. The molecule has 0 bridgehead atoms. The monoisotopic (exact) mass is 623 g/mol. The quantitative estimate of drug-likeness (QED) is 0.169. The Morgan fingerprint density at radius 2 is 1.80 bits per heavy atom. The third kappa shape index (κ3) is 7.66. The van der Waals surface area contributed by atoms with Crippen LogP contribution in [0.1, 0.15) is 48.9 Å². The predicted molar refractivity (Wildman–Crippen MR) is 182 cm³/mol. The number of carboxylic acid groups (broad SMARTS) is 1. The van der Waals surface area contributed by atoms with Crippen LogP contribution in [0.4, 0.5) is 11.5 Å². The molecule has 2 saturated heterocycles. The number of hydrogen-bond acceptors (Lipinski definition) is 8. The number of ether oxygens (including phenoxy) is 2. The summed E-state index contributed by atoms with van der Waals surface area (Å²) in [5.74, 6) is 0.879. The molecule has 2 aliphatic heterocycles. The Morgan fingerprint density at radius 1 is 1.00 bits per heavy atom. The highest BCUT2D eigenvalue weighted by atomic mass is 16.5. The van der Waals surface area contributed by atoms with Crippen LogP contribution in [-0.4, -0.2) is 82.9 Å². The summed E-state index contributed by atoms with van der Waals surface area (Å²) in [5.41, 5.74) is 7.24. The van der Waals surface area contributed by atoms with E-state index in [9.17, 15) is 9.90 Å². The minimum Gasteiger partial charge on any atom is -0.493 e. The number of carboxylic acids is 1. The Morgan fingerprint density at radius 3 is 2.63 bits per heavy atom.